The van der Waals surface area contributed by atoms with Gasteiger partial charge >= 0.3 is 0 Å². The van der Waals surface area contributed by atoms with E-state index in [2.05, 4.69) is 4.90 Å². The largest absolute Gasteiger partial charge is 0.395 e. The summed E-state index contributed by atoms with van der Waals surface area (Å²) in [6.07, 6.45) is 3.27. The highest BCUT2D eigenvalue weighted by molar-refractivity contribution is 5.59. The van der Waals surface area contributed by atoms with E-state index in [-0.39, 0.29) is 24.0 Å². The average molecular weight is 265 g/mol. The molecule has 0 amide bonds. The second-order valence-corrected chi connectivity index (χ2v) is 4.95. The van der Waals surface area contributed by atoms with Crippen molar-refractivity contribution < 1.29 is 10.0 Å². The van der Waals surface area contributed by atoms with Crippen molar-refractivity contribution in [3.63, 3.8) is 0 Å². The van der Waals surface area contributed by atoms with Crippen molar-refractivity contribution in [2.75, 3.05) is 18.9 Å². The highest BCUT2D eigenvalue weighted by atomic mass is 16.6. The third-order valence-electron chi connectivity index (χ3n) is 3.63. The number of aliphatic hydroxyl groups excluding tert-OH is 1. The van der Waals surface area contributed by atoms with Gasteiger partial charge in [0.05, 0.1) is 11.5 Å². The van der Waals surface area contributed by atoms with E-state index in [4.69, 9.17) is 5.73 Å². The summed E-state index contributed by atoms with van der Waals surface area (Å²) in [5.41, 5.74) is 6.77. The maximum atomic E-state index is 10.7. The molecular formula is C13H19N3O3. The zero-order chi connectivity index (χ0) is 13.8. The predicted octanol–water partition coefficient (Wildman–Crippen LogP) is 1.52. The van der Waals surface area contributed by atoms with Gasteiger partial charge in [-0.1, -0.05) is 12.5 Å². The van der Waals surface area contributed by atoms with Crippen LogP contribution in [-0.2, 0) is 6.54 Å². The zero-order valence-corrected chi connectivity index (χ0v) is 10.8. The number of nitrogens with two attached hydrogens (primary N) is 1. The van der Waals surface area contributed by atoms with Crippen molar-refractivity contribution >= 4 is 11.4 Å². The lowest BCUT2D eigenvalue weighted by molar-refractivity contribution is -0.383. The maximum Gasteiger partial charge on any atom is 0.292 e. The molecule has 1 saturated heterocycles. The van der Waals surface area contributed by atoms with Crippen LogP contribution in [0.15, 0.2) is 18.2 Å². The molecule has 1 aliphatic heterocycles. The first-order valence-electron chi connectivity index (χ1n) is 6.49. The smallest absolute Gasteiger partial charge is 0.292 e. The fourth-order valence-corrected chi connectivity index (χ4v) is 2.58. The van der Waals surface area contributed by atoms with Gasteiger partial charge in [-0.3, -0.25) is 15.0 Å². The van der Waals surface area contributed by atoms with Crippen LogP contribution in [0.25, 0.3) is 0 Å². The molecule has 1 unspecified atom stereocenters. The third-order valence-corrected chi connectivity index (χ3v) is 3.63. The molecule has 0 saturated carbocycles. The molecule has 0 radical (unpaired) electrons. The number of hydrogen-bond donors (Lipinski definition) is 2. The lowest BCUT2D eigenvalue weighted by Gasteiger charge is -2.34. The molecule has 1 aromatic carbocycles. The summed E-state index contributed by atoms with van der Waals surface area (Å²) in [6, 6.07) is 5.02. The number of nitrogens with zero attached hydrogens (tertiary/aromatic N) is 2. The van der Waals surface area contributed by atoms with Crippen molar-refractivity contribution in [3.8, 4) is 0 Å². The summed E-state index contributed by atoms with van der Waals surface area (Å²) in [6.45, 7) is 1.78. The maximum absolute atomic E-state index is 10.7. The molecule has 0 spiro atoms. The number of rotatable bonds is 4. The van der Waals surface area contributed by atoms with Crippen molar-refractivity contribution in [1.29, 1.82) is 0 Å². The Morgan fingerprint density at radius 3 is 2.89 bits per heavy atom. The molecule has 0 bridgehead atoms. The fraction of sp³-hybridized carbons (Fsp3) is 0.538. The molecule has 2 rings (SSSR count). The Balaban J connectivity index is 2.10. The number of anilines is 1. The minimum atomic E-state index is -0.476. The van der Waals surface area contributed by atoms with Gasteiger partial charge in [0.25, 0.3) is 5.69 Å². The molecule has 0 aliphatic carbocycles. The Bertz CT molecular complexity index is 464. The molecule has 0 aromatic heterocycles. The highest BCUT2D eigenvalue weighted by Crippen LogP contribution is 2.25. The van der Waals surface area contributed by atoms with Gasteiger partial charge in [-0.15, -0.1) is 0 Å². The Morgan fingerprint density at radius 2 is 2.26 bits per heavy atom. The van der Waals surface area contributed by atoms with Gasteiger partial charge in [-0.05, 0) is 31.0 Å². The van der Waals surface area contributed by atoms with E-state index in [9.17, 15) is 15.2 Å². The predicted molar refractivity (Wildman–Crippen MR) is 72.6 cm³/mol. The third kappa shape index (κ3) is 3.21. The molecule has 1 fully saturated rings. The Morgan fingerprint density at radius 1 is 1.47 bits per heavy atom. The lowest BCUT2D eigenvalue weighted by Crippen LogP contribution is -2.41. The van der Waals surface area contributed by atoms with Gasteiger partial charge in [0.15, 0.2) is 0 Å². The topological polar surface area (TPSA) is 92.6 Å². The number of likely N-dealkylation sites (tertiary alicyclic amines) is 1. The van der Waals surface area contributed by atoms with Gasteiger partial charge in [-0.2, -0.15) is 0 Å². The SMILES string of the molecule is Nc1cc(CN2CCCCC2CO)ccc1[N+](=O)[O-]. The van der Waals surface area contributed by atoms with Crippen LogP contribution in [0, 0.1) is 10.1 Å². The fourth-order valence-electron chi connectivity index (χ4n) is 2.58. The van der Waals surface area contributed by atoms with Crippen LogP contribution in [0.4, 0.5) is 11.4 Å². The van der Waals surface area contributed by atoms with Crippen LogP contribution in [-0.4, -0.2) is 34.1 Å². The summed E-state index contributed by atoms with van der Waals surface area (Å²) >= 11 is 0. The summed E-state index contributed by atoms with van der Waals surface area (Å²) in [7, 11) is 0. The van der Waals surface area contributed by atoms with Gasteiger partial charge in [-0.25, -0.2) is 0 Å². The Kier molecular flexibility index (Phi) is 4.34. The minimum absolute atomic E-state index is 0.0545. The van der Waals surface area contributed by atoms with E-state index >= 15 is 0 Å². The normalized spacial score (nSPS) is 20.4. The summed E-state index contributed by atoms with van der Waals surface area (Å²) in [4.78, 5) is 12.4. The summed E-state index contributed by atoms with van der Waals surface area (Å²) in [5.74, 6) is 0. The molecule has 1 atom stereocenters. The summed E-state index contributed by atoms with van der Waals surface area (Å²) < 4.78 is 0. The van der Waals surface area contributed by atoms with Gasteiger partial charge in [0.2, 0.25) is 0 Å². The quantitative estimate of drug-likeness (QED) is 0.489. The van der Waals surface area contributed by atoms with Crippen LogP contribution in [0.3, 0.4) is 0 Å². The number of hydrogen-bond acceptors (Lipinski definition) is 5. The van der Waals surface area contributed by atoms with E-state index in [1.54, 1.807) is 12.1 Å². The summed E-state index contributed by atoms with van der Waals surface area (Å²) in [5, 5.41) is 20.1. The van der Waals surface area contributed by atoms with Crippen LogP contribution in [0.5, 0.6) is 0 Å². The molecule has 1 heterocycles. The van der Waals surface area contributed by atoms with Crippen molar-refractivity contribution in [1.82, 2.24) is 4.90 Å². The van der Waals surface area contributed by atoms with E-state index in [0.717, 1.165) is 31.4 Å². The molecule has 1 aromatic rings. The number of aliphatic hydroxyl groups is 1. The van der Waals surface area contributed by atoms with Gasteiger partial charge in [0, 0.05) is 18.7 Å². The standard InChI is InChI=1S/C13H19N3O3/c14-12-7-10(4-5-13(12)16(18)19)8-15-6-2-1-3-11(15)9-17/h4-5,7,11,17H,1-3,6,8-9,14H2. The van der Waals surface area contributed by atoms with E-state index < -0.39 is 4.92 Å². The molecular weight excluding hydrogens is 246 g/mol. The minimum Gasteiger partial charge on any atom is -0.395 e. The Labute approximate surface area is 112 Å². The van der Waals surface area contributed by atoms with Crippen LogP contribution in [0.1, 0.15) is 24.8 Å². The molecule has 104 valence electrons. The van der Waals surface area contributed by atoms with Gasteiger partial charge in [0.1, 0.15) is 5.69 Å². The van der Waals surface area contributed by atoms with Crippen molar-refractivity contribution in [2.24, 2.45) is 0 Å². The Hall–Kier alpha value is -1.66. The van der Waals surface area contributed by atoms with E-state index in [1.807, 2.05) is 0 Å². The van der Waals surface area contributed by atoms with Gasteiger partial charge < -0.3 is 10.8 Å². The number of nitro benzene ring substituents is 1. The first kappa shape index (κ1) is 13.8. The highest BCUT2D eigenvalue weighted by Gasteiger charge is 2.22. The van der Waals surface area contributed by atoms with Crippen LogP contribution in [0.2, 0.25) is 0 Å². The number of nitrogen functional groups attached to an aromatic ring is 1. The number of benzene rings is 1. The molecule has 6 nitrogen and oxygen atoms in total. The van der Waals surface area contributed by atoms with E-state index in [0.29, 0.717) is 6.54 Å². The van der Waals surface area contributed by atoms with Crippen molar-refractivity contribution in [2.45, 2.75) is 31.8 Å². The molecule has 19 heavy (non-hydrogen) atoms. The first-order chi connectivity index (χ1) is 9.11. The average Bonchev–Trinajstić information content (AvgIpc) is 2.39. The number of nitro groups is 1. The zero-order valence-electron chi connectivity index (χ0n) is 10.8. The van der Waals surface area contributed by atoms with Crippen LogP contribution < -0.4 is 5.73 Å². The van der Waals surface area contributed by atoms with E-state index in [1.165, 1.54) is 6.07 Å². The second-order valence-electron chi connectivity index (χ2n) is 4.95. The van der Waals surface area contributed by atoms with Crippen molar-refractivity contribution in [3.05, 3.63) is 33.9 Å². The number of piperidine rings is 1. The first-order valence-corrected chi connectivity index (χ1v) is 6.49. The lowest BCUT2D eigenvalue weighted by atomic mass is 10.0. The van der Waals surface area contributed by atoms with Crippen LogP contribution >= 0.6 is 0 Å². The molecule has 1 aliphatic rings. The second kappa shape index (κ2) is 5.99. The monoisotopic (exact) mass is 265 g/mol. The molecule has 6 heteroatoms. The molecule has 3 N–H and O–H groups in total.